The molecule has 94 valence electrons. The van der Waals surface area contributed by atoms with Gasteiger partial charge < -0.3 is 15.7 Å². The molecule has 1 saturated heterocycles. The molecule has 1 aromatic rings. The Morgan fingerprint density at radius 3 is 3.00 bits per heavy atom. The summed E-state index contributed by atoms with van der Waals surface area (Å²) >= 11 is 0. The highest BCUT2D eigenvalue weighted by Crippen LogP contribution is 2.31. The molecule has 0 aromatic heterocycles. The molecule has 3 heteroatoms. The normalized spacial score (nSPS) is 20.6. The fourth-order valence-corrected chi connectivity index (χ4v) is 2.67. The first-order valence-corrected chi connectivity index (χ1v) is 6.46. The second-order valence-electron chi connectivity index (χ2n) is 4.92. The molecule has 2 rings (SSSR count). The van der Waals surface area contributed by atoms with Crippen LogP contribution in [0.25, 0.3) is 0 Å². The summed E-state index contributed by atoms with van der Waals surface area (Å²) in [5.41, 5.74) is 9.30. The molecule has 1 fully saturated rings. The second-order valence-corrected chi connectivity index (χ2v) is 4.92. The van der Waals surface area contributed by atoms with E-state index in [9.17, 15) is 0 Å². The van der Waals surface area contributed by atoms with Crippen LogP contribution in [-0.4, -0.2) is 24.3 Å². The van der Waals surface area contributed by atoms with Crippen molar-refractivity contribution in [3.63, 3.8) is 0 Å². The van der Waals surface area contributed by atoms with Crippen LogP contribution in [0.5, 0.6) is 0 Å². The van der Waals surface area contributed by atoms with Gasteiger partial charge in [-0.2, -0.15) is 0 Å². The van der Waals surface area contributed by atoms with Crippen LogP contribution in [0, 0.1) is 6.92 Å². The van der Waals surface area contributed by atoms with Crippen molar-refractivity contribution < 1.29 is 5.11 Å². The van der Waals surface area contributed by atoms with Crippen LogP contribution in [-0.2, 0) is 0 Å². The third kappa shape index (κ3) is 2.72. The van der Waals surface area contributed by atoms with E-state index >= 15 is 0 Å². The van der Waals surface area contributed by atoms with Gasteiger partial charge >= 0.3 is 0 Å². The number of nitrogens with two attached hydrogens (primary N) is 1. The summed E-state index contributed by atoms with van der Waals surface area (Å²) in [7, 11) is 0. The Labute approximate surface area is 103 Å². The Morgan fingerprint density at radius 1 is 1.41 bits per heavy atom. The summed E-state index contributed by atoms with van der Waals surface area (Å²) in [5, 5.41) is 9.15. The molecule has 0 aliphatic carbocycles. The number of benzene rings is 1. The topological polar surface area (TPSA) is 49.5 Å². The third-order valence-electron chi connectivity index (χ3n) is 3.58. The number of aryl methyl sites for hydroxylation is 1. The monoisotopic (exact) mass is 234 g/mol. The van der Waals surface area contributed by atoms with Crippen molar-refractivity contribution in [1.29, 1.82) is 0 Å². The highest BCUT2D eigenvalue weighted by Gasteiger charge is 2.23. The molecule has 1 aliphatic heterocycles. The molecule has 0 amide bonds. The smallest absolute Gasteiger partial charge is 0.0605 e. The van der Waals surface area contributed by atoms with Gasteiger partial charge in [-0.15, -0.1) is 0 Å². The number of hydrogen-bond acceptors (Lipinski definition) is 3. The maximum atomic E-state index is 9.15. The summed E-state index contributed by atoms with van der Waals surface area (Å²) in [6.07, 6.45) is 4.48. The first kappa shape index (κ1) is 12.2. The van der Waals surface area contributed by atoms with E-state index in [4.69, 9.17) is 10.8 Å². The number of hydrogen-bond donors (Lipinski definition) is 2. The Kier molecular flexibility index (Phi) is 3.89. The maximum Gasteiger partial charge on any atom is 0.0605 e. The predicted octanol–water partition coefficient (Wildman–Crippen LogP) is 2.32. The number of aliphatic hydroxyl groups excluding tert-OH is 1. The second kappa shape index (κ2) is 5.41. The Morgan fingerprint density at radius 2 is 2.24 bits per heavy atom. The standard InChI is InChI=1S/C14H22N2O/c1-11-5-6-13(15)14(10-11)16-8-3-2-4-12(16)7-9-17/h5-6,10,12,17H,2-4,7-9,15H2,1H3. The first-order chi connectivity index (χ1) is 8.22. The number of anilines is 2. The average molecular weight is 234 g/mol. The van der Waals surface area contributed by atoms with Gasteiger partial charge in [-0.05, 0) is 50.3 Å². The van der Waals surface area contributed by atoms with Crippen LogP contribution in [0.15, 0.2) is 18.2 Å². The van der Waals surface area contributed by atoms with Crippen LogP contribution in [0.1, 0.15) is 31.2 Å². The van der Waals surface area contributed by atoms with Crippen molar-refractivity contribution in [2.24, 2.45) is 0 Å². The fourth-order valence-electron chi connectivity index (χ4n) is 2.67. The van der Waals surface area contributed by atoms with Gasteiger partial charge in [0.15, 0.2) is 0 Å². The van der Waals surface area contributed by atoms with Gasteiger partial charge in [0.25, 0.3) is 0 Å². The van der Waals surface area contributed by atoms with Crippen LogP contribution >= 0.6 is 0 Å². The van der Waals surface area contributed by atoms with Gasteiger partial charge in [-0.1, -0.05) is 6.07 Å². The number of nitrogen functional groups attached to an aromatic ring is 1. The fraction of sp³-hybridized carbons (Fsp3) is 0.571. The zero-order valence-corrected chi connectivity index (χ0v) is 10.5. The molecular weight excluding hydrogens is 212 g/mol. The molecule has 0 bridgehead atoms. The number of piperidine rings is 1. The van der Waals surface area contributed by atoms with E-state index in [0.29, 0.717) is 6.04 Å². The van der Waals surface area contributed by atoms with E-state index in [1.54, 1.807) is 0 Å². The maximum absolute atomic E-state index is 9.15. The van der Waals surface area contributed by atoms with E-state index in [1.807, 2.05) is 12.1 Å². The van der Waals surface area contributed by atoms with E-state index < -0.39 is 0 Å². The Balaban J connectivity index is 2.25. The Hall–Kier alpha value is -1.22. The predicted molar refractivity (Wildman–Crippen MR) is 72.3 cm³/mol. The van der Waals surface area contributed by atoms with Crippen LogP contribution in [0.4, 0.5) is 11.4 Å². The van der Waals surface area contributed by atoms with Gasteiger partial charge in [-0.25, -0.2) is 0 Å². The molecule has 3 N–H and O–H groups in total. The lowest BCUT2D eigenvalue weighted by Crippen LogP contribution is -2.40. The van der Waals surface area contributed by atoms with Gasteiger partial charge in [0.05, 0.1) is 11.4 Å². The van der Waals surface area contributed by atoms with Crippen molar-refractivity contribution in [2.75, 3.05) is 23.8 Å². The lowest BCUT2D eigenvalue weighted by Gasteiger charge is -2.38. The van der Waals surface area contributed by atoms with Crippen LogP contribution in [0.2, 0.25) is 0 Å². The molecule has 0 spiro atoms. The molecule has 1 aliphatic rings. The van der Waals surface area contributed by atoms with Crippen molar-refractivity contribution in [2.45, 2.75) is 38.6 Å². The molecule has 1 aromatic carbocycles. The summed E-state index contributed by atoms with van der Waals surface area (Å²) in [6, 6.07) is 6.63. The molecule has 17 heavy (non-hydrogen) atoms. The molecule has 0 radical (unpaired) electrons. The Bertz CT molecular complexity index is 376. The van der Waals surface area contributed by atoms with Gasteiger partial charge in [-0.3, -0.25) is 0 Å². The van der Waals surface area contributed by atoms with Crippen LogP contribution in [0.3, 0.4) is 0 Å². The molecule has 1 atom stereocenters. The molecule has 1 heterocycles. The number of nitrogens with zero attached hydrogens (tertiary/aromatic N) is 1. The van der Waals surface area contributed by atoms with Crippen molar-refractivity contribution in [1.82, 2.24) is 0 Å². The lowest BCUT2D eigenvalue weighted by atomic mass is 9.98. The van der Waals surface area contributed by atoms with Crippen molar-refractivity contribution in [3.05, 3.63) is 23.8 Å². The quantitative estimate of drug-likeness (QED) is 0.789. The molecular formula is C14H22N2O. The van der Waals surface area contributed by atoms with Gasteiger partial charge in [0.2, 0.25) is 0 Å². The molecule has 0 saturated carbocycles. The van der Waals surface area contributed by atoms with E-state index in [1.165, 1.54) is 18.4 Å². The first-order valence-electron chi connectivity index (χ1n) is 6.46. The highest BCUT2D eigenvalue weighted by atomic mass is 16.3. The minimum atomic E-state index is 0.257. The van der Waals surface area contributed by atoms with E-state index in [0.717, 1.165) is 30.8 Å². The van der Waals surface area contributed by atoms with Crippen molar-refractivity contribution >= 4 is 11.4 Å². The highest BCUT2D eigenvalue weighted by molar-refractivity contribution is 5.69. The summed E-state index contributed by atoms with van der Waals surface area (Å²) in [6.45, 7) is 3.40. The minimum absolute atomic E-state index is 0.257. The third-order valence-corrected chi connectivity index (χ3v) is 3.58. The van der Waals surface area contributed by atoms with Crippen molar-refractivity contribution in [3.8, 4) is 0 Å². The number of rotatable bonds is 3. The largest absolute Gasteiger partial charge is 0.397 e. The van der Waals surface area contributed by atoms with Gasteiger partial charge in [0.1, 0.15) is 0 Å². The molecule has 3 nitrogen and oxygen atoms in total. The summed E-state index contributed by atoms with van der Waals surface area (Å²) < 4.78 is 0. The van der Waals surface area contributed by atoms with Gasteiger partial charge in [0, 0.05) is 19.2 Å². The number of aliphatic hydroxyl groups is 1. The summed E-state index contributed by atoms with van der Waals surface area (Å²) in [4.78, 5) is 2.38. The van der Waals surface area contributed by atoms with Crippen LogP contribution < -0.4 is 10.6 Å². The van der Waals surface area contributed by atoms with E-state index in [-0.39, 0.29) is 6.61 Å². The zero-order chi connectivity index (χ0) is 12.3. The minimum Gasteiger partial charge on any atom is -0.397 e. The molecule has 1 unspecified atom stereocenters. The van der Waals surface area contributed by atoms with E-state index in [2.05, 4.69) is 17.9 Å². The summed E-state index contributed by atoms with van der Waals surface area (Å²) in [5.74, 6) is 0. The lowest BCUT2D eigenvalue weighted by molar-refractivity contribution is 0.262. The SMILES string of the molecule is Cc1ccc(N)c(N2CCCCC2CCO)c1. The average Bonchev–Trinajstić information content (AvgIpc) is 2.34. The zero-order valence-electron chi connectivity index (χ0n) is 10.5.